The van der Waals surface area contributed by atoms with Gasteiger partial charge in [-0.15, -0.1) is 0 Å². The summed E-state index contributed by atoms with van der Waals surface area (Å²) in [5, 5.41) is 3.11. The van der Waals surface area contributed by atoms with Gasteiger partial charge in [-0.25, -0.2) is 31.6 Å². The summed E-state index contributed by atoms with van der Waals surface area (Å²) in [5.74, 6) is -4.12. The largest absolute Gasteiger partial charge is 0.480 e. The third-order valence-corrected chi connectivity index (χ3v) is 8.51. The number of carbonyl (C=O) groups is 1. The highest BCUT2D eigenvalue weighted by Crippen LogP contribution is 2.35. The number of hydrogen-bond donors (Lipinski definition) is 1. The molecule has 5 rings (SSSR count). The number of alkyl halides is 5. The minimum atomic E-state index is -4.68. The zero-order chi connectivity index (χ0) is 31.1. The van der Waals surface area contributed by atoms with Gasteiger partial charge in [-0.05, 0) is 42.5 Å². The monoisotopic (exact) mass is 622 g/mol. The van der Waals surface area contributed by atoms with Crippen LogP contribution in [0.2, 0.25) is 0 Å². The molecular formula is C28H23F5N4O5S. The number of sulfone groups is 1. The summed E-state index contributed by atoms with van der Waals surface area (Å²) in [7, 11) is -3.38. The molecule has 3 aromatic heterocycles. The van der Waals surface area contributed by atoms with Crippen molar-refractivity contribution in [3.8, 4) is 17.1 Å². The summed E-state index contributed by atoms with van der Waals surface area (Å²) in [6, 6.07) is 9.17. The van der Waals surface area contributed by atoms with Crippen molar-refractivity contribution in [3.05, 3.63) is 76.7 Å². The molecule has 1 aromatic carbocycles. The maximum atomic E-state index is 14.3. The van der Waals surface area contributed by atoms with Crippen LogP contribution in [-0.2, 0) is 33.6 Å². The average molecular weight is 623 g/mol. The molecule has 4 aromatic rings. The number of aromatic nitrogens is 3. The molecule has 0 saturated heterocycles. The molecule has 0 saturated carbocycles. The van der Waals surface area contributed by atoms with Gasteiger partial charge in [0.25, 0.3) is 18.3 Å². The number of pyridine rings is 3. The van der Waals surface area contributed by atoms with Crippen molar-refractivity contribution < 1.29 is 44.6 Å². The molecule has 15 heteroatoms. The lowest BCUT2D eigenvalue weighted by molar-refractivity contribution is 0.0122. The van der Waals surface area contributed by atoms with E-state index in [1.54, 1.807) is 18.2 Å². The molecule has 1 amide bonds. The van der Waals surface area contributed by atoms with Gasteiger partial charge in [0.2, 0.25) is 21.2 Å². The normalized spacial score (nSPS) is 16.5. The van der Waals surface area contributed by atoms with E-state index in [0.717, 1.165) is 19.1 Å². The lowest BCUT2D eigenvalue weighted by Crippen LogP contribution is -2.25. The Hall–Kier alpha value is -4.24. The first-order chi connectivity index (χ1) is 20.3. The molecule has 1 N–H and O–H groups in total. The number of nitrogens with one attached hydrogen (secondary N) is 1. The molecule has 9 nitrogen and oxygen atoms in total. The van der Waals surface area contributed by atoms with Crippen LogP contribution in [0.1, 0.15) is 46.2 Å². The molecule has 0 bridgehead atoms. The number of benzene rings is 1. The number of fused-ring (bicyclic) bond motifs is 2. The second-order valence-corrected chi connectivity index (χ2v) is 11.7. The summed E-state index contributed by atoms with van der Waals surface area (Å²) < 4.78 is 105. The average Bonchev–Trinajstić information content (AvgIpc) is 3.08. The van der Waals surface area contributed by atoms with E-state index in [1.165, 1.54) is 25.4 Å². The maximum absolute atomic E-state index is 14.3. The van der Waals surface area contributed by atoms with E-state index in [9.17, 15) is 35.2 Å². The van der Waals surface area contributed by atoms with E-state index in [0.29, 0.717) is 27.9 Å². The highest BCUT2D eigenvalue weighted by atomic mass is 32.2. The van der Waals surface area contributed by atoms with E-state index in [2.05, 4.69) is 20.3 Å². The molecule has 0 spiro atoms. The van der Waals surface area contributed by atoms with Gasteiger partial charge >= 0.3 is 0 Å². The number of amides is 1. The van der Waals surface area contributed by atoms with Crippen LogP contribution in [0.25, 0.3) is 22.2 Å². The highest BCUT2D eigenvalue weighted by molar-refractivity contribution is 7.92. The van der Waals surface area contributed by atoms with Gasteiger partial charge in [0.15, 0.2) is 0 Å². The Labute approximate surface area is 242 Å². The number of rotatable bonds is 7. The molecule has 0 radical (unpaired) electrons. The Kier molecular flexibility index (Phi) is 8.05. The number of ether oxygens (including phenoxy) is 2. The summed E-state index contributed by atoms with van der Waals surface area (Å²) >= 11 is 0. The zero-order valence-corrected chi connectivity index (χ0v) is 23.4. The first-order valence-electron chi connectivity index (χ1n) is 12.7. The van der Waals surface area contributed by atoms with E-state index < -0.39 is 74.1 Å². The van der Waals surface area contributed by atoms with Crippen LogP contribution in [0, 0.1) is 0 Å². The molecule has 43 heavy (non-hydrogen) atoms. The number of hydrogen-bond acceptors (Lipinski definition) is 8. The van der Waals surface area contributed by atoms with Crippen LogP contribution >= 0.6 is 0 Å². The van der Waals surface area contributed by atoms with Crippen molar-refractivity contribution in [2.24, 2.45) is 0 Å². The molecular weight excluding hydrogens is 599 g/mol. The van der Waals surface area contributed by atoms with Gasteiger partial charge in [0, 0.05) is 35.2 Å². The van der Waals surface area contributed by atoms with Crippen molar-refractivity contribution >= 4 is 26.6 Å². The molecule has 0 unspecified atom stereocenters. The van der Waals surface area contributed by atoms with Crippen LogP contribution < -0.4 is 10.1 Å². The fraction of sp³-hybridized carbons (Fsp3) is 0.286. The van der Waals surface area contributed by atoms with Crippen molar-refractivity contribution in [3.63, 3.8) is 0 Å². The summed E-state index contributed by atoms with van der Waals surface area (Å²) in [6.07, 6.45) is -1.67. The summed E-state index contributed by atoms with van der Waals surface area (Å²) in [4.78, 5) is 24.9. The number of nitrogens with zero attached hydrogens (tertiary/aromatic N) is 3. The van der Waals surface area contributed by atoms with Crippen LogP contribution in [0.3, 0.4) is 0 Å². The van der Waals surface area contributed by atoms with Crippen molar-refractivity contribution in [2.45, 2.75) is 42.8 Å². The minimum absolute atomic E-state index is 0.0519. The third-order valence-electron chi connectivity index (χ3n) is 6.72. The molecule has 1 aliphatic heterocycles. The van der Waals surface area contributed by atoms with Crippen molar-refractivity contribution in [1.29, 1.82) is 0 Å². The van der Waals surface area contributed by atoms with Gasteiger partial charge in [0.05, 0.1) is 54.2 Å². The van der Waals surface area contributed by atoms with Crippen LogP contribution in [0.15, 0.2) is 53.6 Å². The van der Waals surface area contributed by atoms with Crippen LogP contribution in [0.4, 0.5) is 22.0 Å². The smallest absolute Gasteiger partial charge is 0.287 e. The number of carbonyl (C=O) groups excluding carboxylic acids is 1. The van der Waals surface area contributed by atoms with E-state index in [1.807, 2.05) is 0 Å². The first-order valence-corrected chi connectivity index (χ1v) is 14.2. The van der Waals surface area contributed by atoms with Crippen molar-refractivity contribution in [2.75, 3.05) is 13.7 Å². The molecule has 0 aliphatic carbocycles. The highest BCUT2D eigenvalue weighted by Gasteiger charge is 2.36. The lowest BCUT2D eigenvalue weighted by atomic mass is 10.0. The Morgan fingerprint density at radius 2 is 1.93 bits per heavy atom. The summed E-state index contributed by atoms with van der Waals surface area (Å²) in [5.41, 5.74) is -3.04. The van der Waals surface area contributed by atoms with E-state index in [4.69, 9.17) is 9.47 Å². The second kappa shape index (κ2) is 11.4. The fourth-order valence-electron chi connectivity index (χ4n) is 4.50. The Balaban J connectivity index is 1.42. The molecule has 1 atom stereocenters. The van der Waals surface area contributed by atoms with E-state index >= 15 is 0 Å². The predicted molar refractivity (Wildman–Crippen MR) is 143 cm³/mol. The van der Waals surface area contributed by atoms with Crippen LogP contribution in [-0.4, -0.2) is 48.5 Å². The Morgan fingerprint density at radius 1 is 1.16 bits per heavy atom. The number of methoxy groups -OCH3 is 1. The predicted octanol–water partition coefficient (Wildman–Crippen LogP) is 5.28. The lowest BCUT2D eigenvalue weighted by Gasteiger charge is -2.15. The van der Waals surface area contributed by atoms with Crippen LogP contribution in [0.5, 0.6) is 5.88 Å². The van der Waals surface area contributed by atoms with Gasteiger partial charge in [0.1, 0.15) is 5.69 Å². The van der Waals surface area contributed by atoms with E-state index in [-0.39, 0.29) is 12.4 Å². The summed E-state index contributed by atoms with van der Waals surface area (Å²) in [6.45, 7) is -0.858. The van der Waals surface area contributed by atoms with Gasteiger partial charge < -0.3 is 14.8 Å². The maximum Gasteiger partial charge on any atom is 0.287 e. The quantitative estimate of drug-likeness (QED) is 0.277. The SMILES string of the molecule is COc1nc(C(C)(F)F)ccc1-c1ccc2cnc(CNC(=O)c3cc(C(F)F)c4c(c3)S(=O)(=O)[C@@H](F)COC4)cc2n1. The Morgan fingerprint density at radius 3 is 2.63 bits per heavy atom. The molecule has 1 aliphatic rings. The topological polar surface area (TPSA) is 120 Å². The third kappa shape index (κ3) is 5.99. The van der Waals surface area contributed by atoms with Gasteiger partial charge in [-0.1, -0.05) is 0 Å². The second-order valence-electron chi connectivity index (χ2n) is 9.70. The molecule has 226 valence electrons. The minimum Gasteiger partial charge on any atom is -0.480 e. The standard InChI is InChI=1S/C28H23F5N4O5S/c1-28(32,33)23-6-4-17(27(37-23)41-2)20-5-3-14-10-34-16(9-21(14)36-20)11-35-26(38)15-7-18(25(30)31)19-12-42-13-24(29)43(39,40)22(19)8-15/h3-10,24-25H,11-13H2,1-2H3,(H,35,38)/t24-/m1/s1. The van der Waals surface area contributed by atoms with Gasteiger partial charge in [-0.2, -0.15) is 8.78 Å². The Bertz CT molecular complexity index is 1830. The fourth-order valence-corrected chi connectivity index (χ4v) is 5.86. The first kappa shape index (κ1) is 30.2. The zero-order valence-electron chi connectivity index (χ0n) is 22.6. The molecule has 4 heterocycles. The van der Waals surface area contributed by atoms with Gasteiger partial charge in [-0.3, -0.25) is 9.78 Å². The molecule has 0 fully saturated rings. The number of halogens is 5. The van der Waals surface area contributed by atoms with Crippen molar-refractivity contribution in [1.82, 2.24) is 20.3 Å².